The van der Waals surface area contributed by atoms with Gasteiger partial charge in [0.1, 0.15) is 13.6 Å². The van der Waals surface area contributed by atoms with E-state index < -0.39 is 17.8 Å². The van der Waals surface area contributed by atoms with Crippen molar-refractivity contribution in [3.63, 3.8) is 0 Å². The maximum Gasteiger partial charge on any atom is 0.433 e. The number of aromatic nitrogens is 3. The quantitative estimate of drug-likeness (QED) is 0.486. The molecule has 3 rings (SSSR count). The lowest BCUT2D eigenvalue weighted by Crippen LogP contribution is -2.22. The van der Waals surface area contributed by atoms with Crippen LogP contribution in [0.1, 0.15) is 15.9 Å². The van der Waals surface area contributed by atoms with E-state index >= 15 is 0 Å². The zero-order valence-electron chi connectivity index (χ0n) is 15.8. The van der Waals surface area contributed by atoms with Crippen LogP contribution in [0.2, 0.25) is 0 Å². The van der Waals surface area contributed by atoms with Crippen LogP contribution in [0.4, 0.5) is 24.7 Å². The lowest BCUT2D eigenvalue weighted by Gasteiger charge is -2.09. The van der Waals surface area contributed by atoms with E-state index in [2.05, 4.69) is 25.3 Å². The van der Waals surface area contributed by atoms with Gasteiger partial charge in [0.2, 0.25) is 0 Å². The summed E-state index contributed by atoms with van der Waals surface area (Å²) in [5.41, 5.74) is 5.48. The highest BCUT2D eigenvalue weighted by molar-refractivity contribution is 6.32. The number of rotatable bonds is 5. The lowest BCUT2D eigenvalue weighted by molar-refractivity contribution is -0.0576. The average Bonchev–Trinajstić information content (AvgIpc) is 2.74. The van der Waals surface area contributed by atoms with Gasteiger partial charge in [-0.2, -0.15) is 13.2 Å². The van der Waals surface area contributed by atoms with Crippen LogP contribution in [0.5, 0.6) is 0 Å². The molecular weight excluding hydrogens is 408 g/mol. The molecular formula is C20H14BF3N6O. The number of allylic oxidation sites excluding steroid dienone is 1. The number of hydrogen-bond donors (Lipinski definition) is 2. The first-order chi connectivity index (χ1) is 14.7. The molecule has 0 aromatic carbocycles. The van der Waals surface area contributed by atoms with Crippen molar-refractivity contribution in [2.45, 2.75) is 6.18 Å². The molecule has 0 fully saturated rings. The van der Waals surface area contributed by atoms with Gasteiger partial charge in [0.15, 0.2) is 5.82 Å². The number of carbonyl (C=O) groups is 1. The molecule has 0 spiro atoms. The lowest BCUT2D eigenvalue weighted by atomic mass is 9.97. The SMILES string of the molecule is [B]c1cncc(C(=O)Nc2ccc(N=C(C=C(N)c3cccnc3)C(F)(F)F)nc2)c1. The number of hydrogen-bond acceptors (Lipinski definition) is 6. The molecule has 0 atom stereocenters. The summed E-state index contributed by atoms with van der Waals surface area (Å²) >= 11 is 0. The second-order valence-corrected chi connectivity index (χ2v) is 6.20. The van der Waals surface area contributed by atoms with Crippen molar-refractivity contribution >= 4 is 42.1 Å². The van der Waals surface area contributed by atoms with Gasteiger partial charge >= 0.3 is 6.18 Å². The van der Waals surface area contributed by atoms with E-state index in [1.54, 1.807) is 6.07 Å². The monoisotopic (exact) mass is 422 g/mol. The summed E-state index contributed by atoms with van der Waals surface area (Å²) in [4.78, 5) is 27.2. The molecule has 3 heterocycles. The predicted octanol–water partition coefficient (Wildman–Crippen LogP) is 2.55. The van der Waals surface area contributed by atoms with Gasteiger partial charge in [-0.3, -0.25) is 14.8 Å². The maximum atomic E-state index is 13.4. The predicted molar refractivity (Wildman–Crippen MR) is 111 cm³/mol. The summed E-state index contributed by atoms with van der Waals surface area (Å²) in [7, 11) is 5.58. The number of halogens is 3. The molecule has 0 saturated carbocycles. The Labute approximate surface area is 176 Å². The topological polar surface area (TPSA) is 106 Å². The molecule has 7 nitrogen and oxygen atoms in total. The number of nitrogens with zero attached hydrogens (tertiary/aromatic N) is 4. The number of pyridine rings is 3. The standard InChI is InChI=1S/C20H14BF3N6O/c21-14-6-13(9-27-10-14)19(31)29-15-3-4-18(28-11-15)30-17(20(22,23)24)7-16(25)12-2-1-5-26-8-12/h1-11H,25H2,(H,29,31). The second-order valence-electron chi connectivity index (χ2n) is 6.20. The van der Waals surface area contributed by atoms with Gasteiger partial charge in [-0.05, 0) is 30.3 Å². The number of nitrogens with one attached hydrogen (secondary N) is 1. The van der Waals surface area contributed by atoms with Crippen LogP contribution in [0.25, 0.3) is 5.70 Å². The summed E-state index contributed by atoms with van der Waals surface area (Å²) in [6.45, 7) is 0. The van der Waals surface area contributed by atoms with Crippen LogP contribution in [-0.2, 0) is 0 Å². The van der Waals surface area contributed by atoms with E-state index in [-0.39, 0.29) is 22.8 Å². The third kappa shape index (κ3) is 5.98. The largest absolute Gasteiger partial charge is 0.433 e. The number of nitrogens with two attached hydrogens (primary N) is 1. The molecule has 0 aliphatic rings. The first-order valence-electron chi connectivity index (χ1n) is 8.74. The van der Waals surface area contributed by atoms with Crippen LogP contribution in [-0.4, -0.2) is 40.6 Å². The van der Waals surface area contributed by atoms with Gasteiger partial charge in [0, 0.05) is 36.0 Å². The molecule has 154 valence electrons. The Hall–Kier alpha value is -4.02. The van der Waals surface area contributed by atoms with Gasteiger partial charge in [-0.1, -0.05) is 11.5 Å². The van der Waals surface area contributed by atoms with Gasteiger partial charge in [-0.25, -0.2) is 9.98 Å². The molecule has 11 heteroatoms. The minimum atomic E-state index is -4.76. The van der Waals surface area contributed by atoms with Crippen LogP contribution in [0.15, 0.2) is 72.4 Å². The highest BCUT2D eigenvalue weighted by atomic mass is 19.4. The molecule has 3 aromatic rings. The highest BCUT2D eigenvalue weighted by Crippen LogP contribution is 2.24. The van der Waals surface area contributed by atoms with Gasteiger partial charge in [0.25, 0.3) is 5.91 Å². The number of anilines is 1. The van der Waals surface area contributed by atoms with E-state index in [1.165, 1.54) is 55.2 Å². The maximum absolute atomic E-state index is 13.4. The summed E-state index contributed by atoms with van der Waals surface area (Å²) in [6.07, 6.45) is 2.65. The third-order valence-corrected chi connectivity index (χ3v) is 3.84. The molecule has 0 aliphatic heterocycles. The molecule has 0 bridgehead atoms. The van der Waals surface area contributed by atoms with E-state index in [9.17, 15) is 18.0 Å². The molecule has 3 aromatic heterocycles. The fraction of sp³-hybridized carbons (Fsp3) is 0.0500. The van der Waals surface area contributed by atoms with Gasteiger partial charge in [-0.15, -0.1) is 0 Å². The Bertz CT molecular complexity index is 1130. The highest BCUT2D eigenvalue weighted by Gasteiger charge is 2.34. The van der Waals surface area contributed by atoms with Crippen molar-refractivity contribution < 1.29 is 18.0 Å². The van der Waals surface area contributed by atoms with Gasteiger partial charge < -0.3 is 11.1 Å². The first kappa shape index (κ1) is 21.7. The molecule has 3 N–H and O–H groups in total. The number of carbonyl (C=O) groups excluding carboxylic acids is 1. The molecule has 0 saturated heterocycles. The molecule has 2 radical (unpaired) electrons. The number of aliphatic imine (C=N–C) groups is 1. The first-order valence-corrected chi connectivity index (χ1v) is 8.74. The smallest absolute Gasteiger partial charge is 0.398 e. The van der Waals surface area contributed by atoms with E-state index in [0.717, 1.165) is 0 Å². The van der Waals surface area contributed by atoms with Gasteiger partial charge in [0.05, 0.1) is 17.4 Å². The normalized spacial score (nSPS) is 12.5. The molecule has 0 aliphatic carbocycles. The van der Waals surface area contributed by atoms with E-state index in [1.807, 2.05) is 0 Å². The van der Waals surface area contributed by atoms with Crippen molar-refractivity contribution in [3.8, 4) is 0 Å². The zero-order valence-corrected chi connectivity index (χ0v) is 15.8. The molecule has 1 amide bonds. The minimum absolute atomic E-state index is 0.149. The Morgan fingerprint density at radius 1 is 1.10 bits per heavy atom. The van der Waals surface area contributed by atoms with Crippen LogP contribution < -0.4 is 16.5 Å². The summed E-state index contributed by atoms with van der Waals surface area (Å²) in [5, 5.41) is 2.54. The average molecular weight is 422 g/mol. The molecule has 31 heavy (non-hydrogen) atoms. The summed E-state index contributed by atoms with van der Waals surface area (Å²) < 4.78 is 40.2. The Morgan fingerprint density at radius 3 is 2.48 bits per heavy atom. The Kier molecular flexibility index (Phi) is 6.44. The van der Waals surface area contributed by atoms with Crippen LogP contribution >= 0.6 is 0 Å². The van der Waals surface area contributed by atoms with Crippen molar-refractivity contribution in [3.05, 3.63) is 78.5 Å². The summed E-state index contributed by atoms with van der Waals surface area (Å²) in [6, 6.07) is 7.11. The third-order valence-electron chi connectivity index (χ3n) is 3.84. The molecule has 0 unspecified atom stereocenters. The van der Waals surface area contributed by atoms with Crippen LogP contribution in [0.3, 0.4) is 0 Å². The number of alkyl halides is 3. The van der Waals surface area contributed by atoms with Crippen LogP contribution in [0, 0.1) is 0 Å². The fourth-order valence-electron chi connectivity index (χ4n) is 2.38. The summed E-state index contributed by atoms with van der Waals surface area (Å²) in [5.74, 6) is -0.716. The number of amides is 1. The Morgan fingerprint density at radius 2 is 1.87 bits per heavy atom. The minimum Gasteiger partial charge on any atom is -0.398 e. The Balaban J connectivity index is 1.81. The fourth-order valence-corrected chi connectivity index (χ4v) is 2.38. The van der Waals surface area contributed by atoms with E-state index in [0.29, 0.717) is 17.1 Å². The van der Waals surface area contributed by atoms with Crippen molar-refractivity contribution in [1.82, 2.24) is 15.0 Å². The van der Waals surface area contributed by atoms with Crippen molar-refractivity contribution in [1.29, 1.82) is 0 Å². The van der Waals surface area contributed by atoms with Crippen molar-refractivity contribution in [2.24, 2.45) is 10.7 Å². The zero-order chi connectivity index (χ0) is 22.4. The van der Waals surface area contributed by atoms with Crippen molar-refractivity contribution in [2.75, 3.05) is 5.32 Å². The second kappa shape index (κ2) is 9.20. The van der Waals surface area contributed by atoms with E-state index in [4.69, 9.17) is 13.6 Å².